The minimum absolute atomic E-state index is 0.193. The van der Waals surface area contributed by atoms with Gasteiger partial charge in [-0.3, -0.25) is 4.98 Å². The third-order valence-electron chi connectivity index (χ3n) is 5.46. The van der Waals surface area contributed by atoms with Crippen LogP contribution in [-0.4, -0.2) is 9.55 Å². The van der Waals surface area contributed by atoms with Gasteiger partial charge in [0, 0.05) is 56.7 Å². The van der Waals surface area contributed by atoms with Crippen molar-refractivity contribution in [1.82, 2.24) is 9.55 Å². The van der Waals surface area contributed by atoms with E-state index < -0.39 is 0 Å². The Morgan fingerprint density at radius 2 is 1.79 bits per heavy atom. The van der Waals surface area contributed by atoms with Gasteiger partial charge in [-0.1, -0.05) is 12.1 Å². The van der Waals surface area contributed by atoms with Gasteiger partial charge in [0.15, 0.2) is 0 Å². The zero-order chi connectivity index (χ0) is 19.3. The molecule has 0 saturated heterocycles. The molecule has 0 fully saturated rings. The molecule has 5 aromatic rings. The average molecular weight is 386 g/mol. The molecule has 0 bridgehead atoms. The molecule has 0 aliphatic heterocycles. The minimum atomic E-state index is -0.193. The fourth-order valence-electron chi connectivity index (χ4n) is 4.15. The molecule has 0 saturated carbocycles. The van der Waals surface area contributed by atoms with Crippen LogP contribution >= 0.6 is 11.3 Å². The lowest BCUT2D eigenvalue weighted by atomic mass is 9.99. The van der Waals surface area contributed by atoms with E-state index in [2.05, 4.69) is 47.0 Å². The summed E-state index contributed by atoms with van der Waals surface area (Å²) in [4.78, 5) is 4.10. The molecule has 0 spiro atoms. The maximum absolute atomic E-state index is 14.0. The SMILES string of the molecule is CCn1c(C)c(-c2csc3cc(-c4ccncc4)ccc23)c2cc(F)ccc21. The van der Waals surface area contributed by atoms with Crippen molar-refractivity contribution in [1.29, 1.82) is 0 Å². The summed E-state index contributed by atoms with van der Waals surface area (Å²) in [5.74, 6) is -0.193. The number of hydrogen-bond acceptors (Lipinski definition) is 2. The number of pyridine rings is 1. The fraction of sp³-hybridized carbons (Fsp3) is 0.125. The number of rotatable bonds is 3. The van der Waals surface area contributed by atoms with E-state index in [-0.39, 0.29) is 5.82 Å². The van der Waals surface area contributed by atoms with E-state index in [0.717, 1.165) is 28.6 Å². The third-order valence-corrected chi connectivity index (χ3v) is 6.41. The Kier molecular flexibility index (Phi) is 4.02. The predicted molar refractivity (Wildman–Crippen MR) is 116 cm³/mol. The number of fused-ring (bicyclic) bond motifs is 2. The Morgan fingerprint density at radius 1 is 0.964 bits per heavy atom. The molecule has 0 aliphatic carbocycles. The van der Waals surface area contributed by atoms with Gasteiger partial charge in [-0.25, -0.2) is 4.39 Å². The monoisotopic (exact) mass is 386 g/mol. The van der Waals surface area contributed by atoms with E-state index in [1.807, 2.05) is 30.6 Å². The van der Waals surface area contributed by atoms with Gasteiger partial charge in [-0.15, -0.1) is 11.3 Å². The van der Waals surface area contributed by atoms with Crippen LogP contribution in [0.2, 0.25) is 0 Å². The highest BCUT2D eigenvalue weighted by molar-refractivity contribution is 7.17. The maximum atomic E-state index is 14.0. The molecule has 0 atom stereocenters. The van der Waals surface area contributed by atoms with Crippen LogP contribution < -0.4 is 0 Å². The van der Waals surface area contributed by atoms with Crippen molar-refractivity contribution in [2.45, 2.75) is 20.4 Å². The minimum Gasteiger partial charge on any atom is -0.345 e. The highest BCUT2D eigenvalue weighted by Gasteiger charge is 2.18. The van der Waals surface area contributed by atoms with Crippen LogP contribution in [0.5, 0.6) is 0 Å². The summed E-state index contributed by atoms with van der Waals surface area (Å²) in [6.45, 7) is 5.13. The third kappa shape index (κ3) is 2.56. The Hall–Kier alpha value is -2.98. The van der Waals surface area contributed by atoms with Gasteiger partial charge in [-0.05, 0) is 66.8 Å². The number of hydrogen-bond donors (Lipinski definition) is 0. The highest BCUT2D eigenvalue weighted by atomic mass is 32.1. The summed E-state index contributed by atoms with van der Waals surface area (Å²) < 4.78 is 17.5. The lowest BCUT2D eigenvalue weighted by molar-refractivity contribution is 0.629. The number of benzene rings is 2. The molecule has 0 N–H and O–H groups in total. The predicted octanol–water partition coefficient (Wildman–Crippen LogP) is 7.05. The first-order chi connectivity index (χ1) is 13.7. The van der Waals surface area contributed by atoms with Crippen molar-refractivity contribution in [3.8, 4) is 22.3 Å². The Morgan fingerprint density at radius 3 is 2.57 bits per heavy atom. The van der Waals surface area contributed by atoms with Crippen LogP contribution in [0, 0.1) is 12.7 Å². The van der Waals surface area contributed by atoms with Gasteiger partial charge in [0.2, 0.25) is 0 Å². The topological polar surface area (TPSA) is 17.8 Å². The fourth-order valence-corrected chi connectivity index (χ4v) is 5.14. The van der Waals surface area contributed by atoms with Crippen LogP contribution in [0.15, 0.2) is 66.3 Å². The Labute approximate surface area is 166 Å². The van der Waals surface area contributed by atoms with Crippen LogP contribution in [-0.2, 0) is 6.54 Å². The molecule has 3 aromatic heterocycles. The van der Waals surface area contributed by atoms with Crippen molar-refractivity contribution < 1.29 is 4.39 Å². The number of halogens is 1. The lowest BCUT2D eigenvalue weighted by Gasteiger charge is -2.05. The van der Waals surface area contributed by atoms with Crippen LogP contribution in [0.1, 0.15) is 12.6 Å². The molecule has 0 unspecified atom stereocenters. The van der Waals surface area contributed by atoms with E-state index >= 15 is 0 Å². The summed E-state index contributed by atoms with van der Waals surface area (Å²) in [5, 5.41) is 4.40. The van der Waals surface area contributed by atoms with Crippen molar-refractivity contribution in [2.75, 3.05) is 0 Å². The summed E-state index contributed by atoms with van der Waals surface area (Å²) in [6.07, 6.45) is 3.63. The zero-order valence-corrected chi connectivity index (χ0v) is 16.6. The molecule has 4 heteroatoms. The summed E-state index contributed by atoms with van der Waals surface area (Å²) in [6, 6.07) is 15.7. The molecule has 2 aromatic carbocycles. The van der Waals surface area contributed by atoms with Gasteiger partial charge in [0.1, 0.15) is 5.82 Å². The number of thiophene rings is 1. The largest absolute Gasteiger partial charge is 0.345 e. The lowest BCUT2D eigenvalue weighted by Crippen LogP contribution is -1.96. The first kappa shape index (κ1) is 17.1. The first-order valence-electron chi connectivity index (χ1n) is 9.37. The smallest absolute Gasteiger partial charge is 0.123 e. The molecule has 0 amide bonds. The molecular formula is C24H19FN2S. The van der Waals surface area contributed by atoms with Crippen LogP contribution in [0.25, 0.3) is 43.2 Å². The second-order valence-corrected chi connectivity index (χ2v) is 7.87. The van der Waals surface area contributed by atoms with Crippen LogP contribution in [0.4, 0.5) is 4.39 Å². The van der Waals surface area contributed by atoms with Gasteiger partial charge in [0.05, 0.1) is 0 Å². The van der Waals surface area contributed by atoms with Crippen molar-refractivity contribution in [3.63, 3.8) is 0 Å². The molecular weight excluding hydrogens is 367 g/mol. The average Bonchev–Trinajstić information content (AvgIpc) is 3.25. The second-order valence-electron chi connectivity index (χ2n) is 6.96. The maximum Gasteiger partial charge on any atom is 0.123 e. The molecule has 2 nitrogen and oxygen atoms in total. The highest BCUT2D eigenvalue weighted by Crippen LogP contribution is 2.42. The van der Waals surface area contributed by atoms with Gasteiger partial charge in [0.25, 0.3) is 0 Å². The molecule has 3 heterocycles. The van der Waals surface area contributed by atoms with Gasteiger partial charge in [-0.2, -0.15) is 0 Å². The van der Waals surface area contributed by atoms with Gasteiger partial charge >= 0.3 is 0 Å². The van der Waals surface area contributed by atoms with E-state index in [4.69, 9.17) is 0 Å². The standard InChI is InChI=1S/C24H19FN2S/c1-3-27-15(2)24(20-13-18(25)5-7-22(20)27)21-14-28-23-12-17(4-6-19(21)23)16-8-10-26-11-9-16/h4-14H,3H2,1-2H3. The first-order valence-corrected chi connectivity index (χ1v) is 10.3. The number of aryl methyl sites for hydroxylation is 1. The van der Waals surface area contributed by atoms with E-state index in [0.29, 0.717) is 0 Å². The van der Waals surface area contributed by atoms with E-state index in [1.54, 1.807) is 23.5 Å². The Bertz CT molecular complexity index is 1320. The summed E-state index contributed by atoms with van der Waals surface area (Å²) in [7, 11) is 0. The molecule has 0 aliphatic rings. The quantitative estimate of drug-likeness (QED) is 0.325. The summed E-state index contributed by atoms with van der Waals surface area (Å²) >= 11 is 1.74. The summed E-state index contributed by atoms with van der Waals surface area (Å²) in [5.41, 5.74) is 6.93. The Balaban J connectivity index is 1.74. The van der Waals surface area contributed by atoms with E-state index in [1.165, 1.54) is 26.9 Å². The molecule has 28 heavy (non-hydrogen) atoms. The van der Waals surface area contributed by atoms with Gasteiger partial charge < -0.3 is 4.57 Å². The second kappa shape index (κ2) is 6.57. The normalized spacial score (nSPS) is 11.5. The van der Waals surface area contributed by atoms with Crippen molar-refractivity contribution in [3.05, 3.63) is 77.8 Å². The molecule has 138 valence electrons. The molecule has 0 radical (unpaired) electrons. The zero-order valence-electron chi connectivity index (χ0n) is 15.7. The van der Waals surface area contributed by atoms with E-state index in [9.17, 15) is 4.39 Å². The number of nitrogens with zero attached hydrogens (tertiary/aromatic N) is 2. The molecule has 5 rings (SSSR count). The number of aromatic nitrogens is 2. The van der Waals surface area contributed by atoms with Crippen molar-refractivity contribution >= 4 is 32.3 Å². The van der Waals surface area contributed by atoms with Crippen molar-refractivity contribution in [2.24, 2.45) is 0 Å². The van der Waals surface area contributed by atoms with Crippen LogP contribution in [0.3, 0.4) is 0 Å².